The molecule has 2 aliphatic rings. The SMILES string of the molecule is CC(C)C1CCC(C(=O)N2CC(Oc3cccc(C(F)(F)F)n3)C2)CC1. The first-order valence-electron chi connectivity index (χ1n) is 9.23. The van der Waals surface area contributed by atoms with Gasteiger partial charge in [0.2, 0.25) is 11.8 Å². The summed E-state index contributed by atoms with van der Waals surface area (Å²) < 4.78 is 43.5. The molecule has 0 N–H and O–H groups in total. The average Bonchev–Trinajstić information content (AvgIpc) is 2.57. The third-order valence-electron chi connectivity index (χ3n) is 5.52. The van der Waals surface area contributed by atoms with E-state index in [1.807, 2.05) is 0 Å². The van der Waals surface area contributed by atoms with E-state index < -0.39 is 11.9 Å². The van der Waals surface area contributed by atoms with Gasteiger partial charge in [0.25, 0.3) is 0 Å². The van der Waals surface area contributed by atoms with Gasteiger partial charge in [-0.1, -0.05) is 19.9 Å². The predicted octanol–water partition coefficient (Wildman–Crippen LogP) is 4.15. The van der Waals surface area contributed by atoms with Crippen molar-refractivity contribution < 1.29 is 22.7 Å². The lowest BCUT2D eigenvalue weighted by molar-refractivity contribution is -0.146. The highest BCUT2D eigenvalue weighted by molar-refractivity contribution is 5.79. The van der Waals surface area contributed by atoms with Crippen molar-refractivity contribution in [2.45, 2.75) is 51.8 Å². The van der Waals surface area contributed by atoms with Gasteiger partial charge in [0, 0.05) is 12.0 Å². The zero-order valence-electron chi connectivity index (χ0n) is 15.1. The number of ether oxygens (including phenoxy) is 1. The topological polar surface area (TPSA) is 42.4 Å². The second kappa shape index (κ2) is 7.45. The standard InChI is InChI=1S/C19H25F3N2O2/c1-12(2)13-6-8-14(9-7-13)18(25)24-10-15(11-24)26-17-5-3-4-16(23-17)19(20,21)22/h3-5,12-15H,6-11H2,1-2H3. The summed E-state index contributed by atoms with van der Waals surface area (Å²) in [7, 11) is 0. The van der Waals surface area contributed by atoms with Crippen molar-refractivity contribution >= 4 is 5.91 Å². The van der Waals surface area contributed by atoms with E-state index in [0.717, 1.165) is 31.7 Å². The Kier molecular flexibility index (Phi) is 5.44. The summed E-state index contributed by atoms with van der Waals surface area (Å²) >= 11 is 0. The Balaban J connectivity index is 1.47. The van der Waals surface area contributed by atoms with Crippen LogP contribution in [0, 0.1) is 17.8 Å². The first-order valence-corrected chi connectivity index (χ1v) is 9.23. The van der Waals surface area contributed by atoms with Crippen LogP contribution < -0.4 is 4.74 Å². The van der Waals surface area contributed by atoms with Gasteiger partial charge in [-0.2, -0.15) is 13.2 Å². The van der Waals surface area contributed by atoms with E-state index in [1.165, 1.54) is 12.1 Å². The molecule has 1 aliphatic carbocycles. The highest BCUT2D eigenvalue weighted by Gasteiger charge is 2.38. The molecule has 144 valence electrons. The van der Waals surface area contributed by atoms with Crippen molar-refractivity contribution in [3.05, 3.63) is 23.9 Å². The minimum absolute atomic E-state index is 0.0469. The first-order chi connectivity index (χ1) is 12.2. The second-order valence-electron chi connectivity index (χ2n) is 7.70. The molecule has 2 fully saturated rings. The maximum atomic E-state index is 12.7. The van der Waals surface area contributed by atoms with Gasteiger partial charge in [-0.3, -0.25) is 4.79 Å². The van der Waals surface area contributed by atoms with Crippen molar-refractivity contribution in [2.75, 3.05) is 13.1 Å². The molecule has 1 amide bonds. The fraction of sp³-hybridized carbons (Fsp3) is 0.684. The number of carbonyl (C=O) groups is 1. The van der Waals surface area contributed by atoms with Gasteiger partial charge in [0.15, 0.2) is 0 Å². The minimum atomic E-state index is -4.49. The van der Waals surface area contributed by atoms with Crippen molar-refractivity contribution in [3.8, 4) is 5.88 Å². The van der Waals surface area contributed by atoms with Gasteiger partial charge in [0.05, 0.1) is 13.1 Å². The summed E-state index contributed by atoms with van der Waals surface area (Å²) in [6.45, 7) is 5.29. The molecule has 1 saturated heterocycles. The van der Waals surface area contributed by atoms with Gasteiger partial charge in [-0.05, 0) is 43.6 Å². The lowest BCUT2D eigenvalue weighted by Crippen LogP contribution is -2.58. The number of amides is 1. The van der Waals surface area contributed by atoms with Crippen molar-refractivity contribution in [1.82, 2.24) is 9.88 Å². The number of likely N-dealkylation sites (tertiary alicyclic amines) is 1. The van der Waals surface area contributed by atoms with Crippen LogP contribution in [0.4, 0.5) is 13.2 Å². The molecule has 0 spiro atoms. The van der Waals surface area contributed by atoms with Crippen molar-refractivity contribution in [3.63, 3.8) is 0 Å². The van der Waals surface area contributed by atoms with Crippen LogP contribution in [-0.4, -0.2) is 35.0 Å². The van der Waals surface area contributed by atoms with E-state index in [9.17, 15) is 18.0 Å². The molecule has 0 aromatic carbocycles. The van der Waals surface area contributed by atoms with E-state index in [2.05, 4.69) is 18.8 Å². The molecular formula is C19H25F3N2O2. The minimum Gasteiger partial charge on any atom is -0.471 e. The van der Waals surface area contributed by atoms with Crippen LogP contribution in [0.15, 0.2) is 18.2 Å². The molecule has 1 aliphatic heterocycles. The molecular weight excluding hydrogens is 345 g/mol. The van der Waals surface area contributed by atoms with E-state index >= 15 is 0 Å². The molecule has 3 rings (SSSR count). The van der Waals surface area contributed by atoms with Crippen LogP contribution in [0.1, 0.15) is 45.2 Å². The van der Waals surface area contributed by atoms with Crippen molar-refractivity contribution in [2.24, 2.45) is 17.8 Å². The molecule has 1 aromatic heterocycles. The van der Waals surface area contributed by atoms with Gasteiger partial charge in [-0.25, -0.2) is 4.98 Å². The summed E-state index contributed by atoms with van der Waals surface area (Å²) in [6, 6.07) is 3.60. The van der Waals surface area contributed by atoms with E-state index in [0.29, 0.717) is 24.9 Å². The van der Waals surface area contributed by atoms with E-state index in [-0.39, 0.29) is 23.8 Å². The molecule has 26 heavy (non-hydrogen) atoms. The highest BCUT2D eigenvalue weighted by Crippen LogP contribution is 2.35. The number of aromatic nitrogens is 1. The largest absolute Gasteiger partial charge is 0.471 e. The molecule has 4 nitrogen and oxygen atoms in total. The summed E-state index contributed by atoms with van der Waals surface area (Å²) in [6.07, 6.45) is -0.735. The molecule has 0 bridgehead atoms. The first kappa shape index (κ1) is 19.0. The number of hydrogen-bond donors (Lipinski definition) is 0. The summed E-state index contributed by atoms with van der Waals surface area (Å²) in [5.41, 5.74) is -0.968. The smallest absolute Gasteiger partial charge is 0.433 e. The molecule has 0 radical (unpaired) electrons. The van der Waals surface area contributed by atoms with Crippen LogP contribution in [0.2, 0.25) is 0 Å². The van der Waals surface area contributed by atoms with Crippen LogP contribution in [0.25, 0.3) is 0 Å². The predicted molar refractivity (Wildman–Crippen MR) is 90.5 cm³/mol. The zero-order chi connectivity index (χ0) is 18.9. The Bertz CT molecular complexity index is 634. The number of halogens is 3. The highest BCUT2D eigenvalue weighted by atomic mass is 19.4. The van der Waals surface area contributed by atoms with Gasteiger partial charge in [0.1, 0.15) is 11.8 Å². The van der Waals surface area contributed by atoms with Crippen LogP contribution in [0.3, 0.4) is 0 Å². The normalized spacial score (nSPS) is 24.5. The Morgan fingerprint density at radius 3 is 2.42 bits per heavy atom. The number of hydrogen-bond acceptors (Lipinski definition) is 3. The molecule has 0 unspecified atom stereocenters. The Morgan fingerprint density at radius 1 is 1.19 bits per heavy atom. The molecule has 1 saturated carbocycles. The second-order valence-corrected chi connectivity index (χ2v) is 7.70. The van der Waals surface area contributed by atoms with Gasteiger partial charge < -0.3 is 9.64 Å². The zero-order valence-corrected chi connectivity index (χ0v) is 15.1. The van der Waals surface area contributed by atoms with Gasteiger partial charge in [-0.15, -0.1) is 0 Å². The van der Waals surface area contributed by atoms with Crippen LogP contribution >= 0.6 is 0 Å². The third-order valence-corrected chi connectivity index (χ3v) is 5.52. The third kappa shape index (κ3) is 4.30. The summed E-state index contributed by atoms with van der Waals surface area (Å²) in [5, 5.41) is 0. The monoisotopic (exact) mass is 370 g/mol. The maximum Gasteiger partial charge on any atom is 0.433 e. The fourth-order valence-corrected chi connectivity index (χ4v) is 3.79. The molecule has 2 heterocycles. The number of alkyl halides is 3. The number of nitrogens with zero attached hydrogens (tertiary/aromatic N) is 2. The van der Waals surface area contributed by atoms with E-state index in [4.69, 9.17) is 4.74 Å². The number of pyridine rings is 1. The van der Waals surface area contributed by atoms with Crippen molar-refractivity contribution in [1.29, 1.82) is 0 Å². The van der Waals surface area contributed by atoms with Gasteiger partial charge >= 0.3 is 6.18 Å². The van der Waals surface area contributed by atoms with Crippen LogP contribution in [-0.2, 0) is 11.0 Å². The fourth-order valence-electron chi connectivity index (χ4n) is 3.79. The lowest BCUT2D eigenvalue weighted by atomic mass is 9.76. The van der Waals surface area contributed by atoms with E-state index in [1.54, 1.807) is 4.90 Å². The van der Waals surface area contributed by atoms with Crippen LogP contribution in [0.5, 0.6) is 5.88 Å². The lowest BCUT2D eigenvalue weighted by Gasteiger charge is -2.41. The summed E-state index contributed by atoms with van der Waals surface area (Å²) in [5.74, 6) is 1.56. The number of rotatable bonds is 4. The molecule has 7 heteroatoms. The number of carbonyl (C=O) groups excluding carboxylic acids is 1. The molecule has 1 aromatic rings. The Morgan fingerprint density at radius 2 is 1.85 bits per heavy atom. The average molecular weight is 370 g/mol. The Hall–Kier alpha value is -1.79. The summed E-state index contributed by atoms with van der Waals surface area (Å²) in [4.78, 5) is 17.8. The molecule has 0 atom stereocenters. The Labute approximate surface area is 151 Å². The quantitative estimate of drug-likeness (QED) is 0.800. The maximum absolute atomic E-state index is 12.7.